The van der Waals surface area contributed by atoms with Crippen molar-refractivity contribution >= 4 is 22.7 Å². The molecule has 22 heavy (non-hydrogen) atoms. The molecule has 1 N–H and O–H groups in total. The van der Waals surface area contributed by atoms with E-state index in [0.29, 0.717) is 13.1 Å². The number of hydrogen-bond donors (Lipinski definition) is 1. The number of hydrogen-bond acceptors (Lipinski definition) is 5. The topological polar surface area (TPSA) is 65.9 Å². The van der Waals surface area contributed by atoms with Crippen LogP contribution >= 0.6 is 0 Å². The lowest BCUT2D eigenvalue weighted by Gasteiger charge is -2.37. The van der Waals surface area contributed by atoms with E-state index in [9.17, 15) is 9.90 Å². The molecule has 0 aliphatic carbocycles. The Hall–Kier alpha value is -2.34. The number of piperazine rings is 1. The quantitative estimate of drug-likeness (QED) is 0.925. The second-order valence-corrected chi connectivity index (χ2v) is 5.48. The minimum absolute atomic E-state index is 0.430. The first-order valence-corrected chi connectivity index (χ1v) is 7.22. The second kappa shape index (κ2) is 5.81. The first kappa shape index (κ1) is 14.6. The third kappa shape index (κ3) is 2.57. The molecule has 0 bridgehead atoms. The number of fused-ring (bicyclic) bond motifs is 1. The normalized spacial score (nSPS) is 19.4. The average Bonchev–Trinajstić information content (AvgIpc) is 2.54. The lowest BCUT2D eigenvalue weighted by atomic mass is 10.1. The van der Waals surface area contributed by atoms with Gasteiger partial charge in [0.25, 0.3) is 0 Å². The molecule has 1 aliphatic rings. The number of aliphatic carboxylic acids is 1. The highest BCUT2D eigenvalue weighted by molar-refractivity contribution is 5.86. The Bertz CT molecular complexity index is 704. The van der Waals surface area contributed by atoms with Crippen LogP contribution in [0.3, 0.4) is 0 Å². The van der Waals surface area contributed by atoms with Gasteiger partial charge in [0.1, 0.15) is 23.1 Å². The second-order valence-electron chi connectivity index (χ2n) is 5.48. The van der Waals surface area contributed by atoms with Crippen LogP contribution in [0.4, 0.5) is 5.82 Å². The number of carbonyl (C=O) groups is 1. The van der Waals surface area contributed by atoms with Gasteiger partial charge in [0, 0.05) is 25.0 Å². The summed E-state index contributed by atoms with van der Waals surface area (Å²) in [5.74, 6) is 0.713. The van der Waals surface area contributed by atoms with Crippen molar-refractivity contribution < 1.29 is 14.6 Å². The van der Waals surface area contributed by atoms with E-state index in [1.54, 1.807) is 7.11 Å². The number of methoxy groups -OCH3 is 1. The SMILES string of the molecule is COc1cccc2ccc(N3CCN(C)[C@H](C(=O)O)C3)nc12. The Morgan fingerprint density at radius 1 is 1.32 bits per heavy atom. The zero-order valence-corrected chi connectivity index (χ0v) is 12.7. The van der Waals surface area contributed by atoms with Gasteiger partial charge in [0.15, 0.2) is 0 Å². The summed E-state index contributed by atoms with van der Waals surface area (Å²) in [4.78, 5) is 19.9. The van der Waals surface area contributed by atoms with Crippen molar-refractivity contribution in [3.8, 4) is 5.75 Å². The molecule has 1 aliphatic heterocycles. The molecule has 0 saturated carbocycles. The van der Waals surface area contributed by atoms with Crippen LogP contribution < -0.4 is 9.64 Å². The minimum Gasteiger partial charge on any atom is -0.494 e. The molecule has 6 nitrogen and oxygen atoms in total. The summed E-state index contributed by atoms with van der Waals surface area (Å²) in [7, 11) is 3.46. The molecule has 3 rings (SSSR count). The van der Waals surface area contributed by atoms with Crippen LogP contribution in [0.1, 0.15) is 0 Å². The van der Waals surface area contributed by atoms with Crippen LogP contribution in [-0.4, -0.2) is 60.8 Å². The molecule has 116 valence electrons. The standard InChI is InChI=1S/C16H19N3O3/c1-18-8-9-19(10-12(18)16(20)21)14-7-6-11-4-3-5-13(22-2)15(11)17-14/h3-7,12H,8-10H2,1-2H3,(H,20,21)/t12-/m0/s1. The van der Waals surface area contributed by atoms with Crippen LogP contribution in [0.5, 0.6) is 5.75 Å². The van der Waals surface area contributed by atoms with Gasteiger partial charge in [-0.25, -0.2) is 4.98 Å². The van der Waals surface area contributed by atoms with E-state index in [0.717, 1.165) is 29.0 Å². The third-order valence-corrected chi connectivity index (χ3v) is 4.15. The number of pyridine rings is 1. The number of anilines is 1. The predicted molar refractivity (Wildman–Crippen MR) is 84.6 cm³/mol. The number of ether oxygens (including phenoxy) is 1. The van der Waals surface area contributed by atoms with E-state index in [1.165, 1.54) is 0 Å². The van der Waals surface area contributed by atoms with Crippen LogP contribution in [-0.2, 0) is 4.79 Å². The van der Waals surface area contributed by atoms with E-state index in [4.69, 9.17) is 4.74 Å². The first-order valence-electron chi connectivity index (χ1n) is 7.22. The van der Waals surface area contributed by atoms with E-state index >= 15 is 0 Å². The number of rotatable bonds is 3. The van der Waals surface area contributed by atoms with Gasteiger partial charge in [-0.3, -0.25) is 9.69 Å². The zero-order chi connectivity index (χ0) is 15.7. The highest BCUT2D eigenvalue weighted by Crippen LogP contribution is 2.27. The summed E-state index contributed by atoms with van der Waals surface area (Å²) in [5.41, 5.74) is 0.799. The first-order chi connectivity index (χ1) is 10.6. The van der Waals surface area contributed by atoms with E-state index in [-0.39, 0.29) is 0 Å². The molecule has 1 saturated heterocycles. The van der Waals surface area contributed by atoms with Crippen molar-refractivity contribution in [2.24, 2.45) is 0 Å². The average molecular weight is 301 g/mol. The monoisotopic (exact) mass is 301 g/mol. The number of benzene rings is 1. The molecule has 1 fully saturated rings. The van der Waals surface area contributed by atoms with Gasteiger partial charge in [-0.2, -0.15) is 0 Å². The van der Waals surface area contributed by atoms with Crippen molar-refractivity contribution in [2.45, 2.75) is 6.04 Å². The maximum Gasteiger partial charge on any atom is 0.322 e. The number of nitrogens with zero attached hydrogens (tertiary/aromatic N) is 3. The highest BCUT2D eigenvalue weighted by atomic mass is 16.5. The smallest absolute Gasteiger partial charge is 0.322 e. The fourth-order valence-electron chi connectivity index (χ4n) is 2.80. The van der Waals surface area contributed by atoms with Crippen molar-refractivity contribution in [3.63, 3.8) is 0 Å². The number of para-hydroxylation sites is 1. The van der Waals surface area contributed by atoms with Crippen LogP contribution in [0.15, 0.2) is 30.3 Å². The van der Waals surface area contributed by atoms with Gasteiger partial charge in [-0.15, -0.1) is 0 Å². The molecule has 0 radical (unpaired) electrons. The van der Waals surface area contributed by atoms with Gasteiger partial charge in [-0.05, 0) is 25.2 Å². The third-order valence-electron chi connectivity index (χ3n) is 4.15. The summed E-state index contributed by atoms with van der Waals surface area (Å²) in [5, 5.41) is 10.3. The Morgan fingerprint density at radius 3 is 2.86 bits per heavy atom. The summed E-state index contributed by atoms with van der Waals surface area (Å²) in [6.45, 7) is 1.88. The van der Waals surface area contributed by atoms with Gasteiger partial charge in [-0.1, -0.05) is 12.1 Å². The summed E-state index contributed by atoms with van der Waals surface area (Å²) < 4.78 is 5.36. The Morgan fingerprint density at radius 2 is 2.14 bits per heavy atom. The van der Waals surface area contributed by atoms with Crippen LogP contribution in [0.2, 0.25) is 0 Å². The number of carboxylic acids is 1. The van der Waals surface area contributed by atoms with Crippen LogP contribution in [0.25, 0.3) is 10.9 Å². The molecule has 1 aromatic heterocycles. The van der Waals surface area contributed by atoms with E-state index in [2.05, 4.69) is 4.98 Å². The molecule has 1 aromatic carbocycles. The summed E-state index contributed by atoms with van der Waals surface area (Å²) >= 11 is 0. The Kier molecular flexibility index (Phi) is 3.85. The largest absolute Gasteiger partial charge is 0.494 e. The Balaban J connectivity index is 1.94. The lowest BCUT2D eigenvalue weighted by Crippen LogP contribution is -2.55. The zero-order valence-electron chi connectivity index (χ0n) is 12.7. The van der Waals surface area contributed by atoms with Gasteiger partial charge in [0.05, 0.1) is 7.11 Å². The van der Waals surface area contributed by atoms with Gasteiger partial charge in [0.2, 0.25) is 0 Å². The van der Waals surface area contributed by atoms with Crippen LogP contribution in [0, 0.1) is 0 Å². The molecule has 0 amide bonds. The van der Waals surface area contributed by atoms with E-state index in [1.807, 2.05) is 47.2 Å². The molecule has 6 heteroatoms. The molecular formula is C16H19N3O3. The number of carboxylic acid groups (broad SMARTS) is 1. The van der Waals surface area contributed by atoms with Crippen molar-refractivity contribution in [2.75, 3.05) is 38.7 Å². The summed E-state index contributed by atoms with van der Waals surface area (Å²) in [6, 6.07) is 9.21. The highest BCUT2D eigenvalue weighted by Gasteiger charge is 2.30. The maximum absolute atomic E-state index is 11.3. The Labute approximate surface area is 128 Å². The molecular weight excluding hydrogens is 282 g/mol. The minimum atomic E-state index is -0.800. The predicted octanol–water partition coefficient (Wildman–Crippen LogP) is 1.45. The molecule has 0 unspecified atom stereocenters. The van der Waals surface area contributed by atoms with Crippen molar-refractivity contribution in [1.82, 2.24) is 9.88 Å². The molecule has 2 aromatic rings. The fraction of sp³-hybridized carbons (Fsp3) is 0.375. The fourth-order valence-corrected chi connectivity index (χ4v) is 2.80. The lowest BCUT2D eigenvalue weighted by molar-refractivity contribution is -0.142. The van der Waals surface area contributed by atoms with Gasteiger partial charge < -0.3 is 14.7 Å². The number of likely N-dealkylation sites (N-methyl/N-ethyl adjacent to an activating group) is 1. The molecule has 1 atom stereocenters. The van der Waals surface area contributed by atoms with E-state index < -0.39 is 12.0 Å². The molecule has 0 spiro atoms. The van der Waals surface area contributed by atoms with Crippen molar-refractivity contribution in [1.29, 1.82) is 0 Å². The maximum atomic E-state index is 11.3. The van der Waals surface area contributed by atoms with Crippen molar-refractivity contribution in [3.05, 3.63) is 30.3 Å². The van der Waals surface area contributed by atoms with Gasteiger partial charge >= 0.3 is 5.97 Å². The number of aromatic nitrogens is 1. The molecule has 2 heterocycles. The summed E-state index contributed by atoms with van der Waals surface area (Å²) in [6.07, 6.45) is 0.